The van der Waals surface area contributed by atoms with Crippen LogP contribution in [0, 0.1) is 0 Å². The van der Waals surface area contributed by atoms with Crippen LogP contribution in [-0.4, -0.2) is 9.13 Å². The Morgan fingerprint density at radius 2 is 1.41 bits per heavy atom. The SMILES string of the molecule is C=Cn1cccc1NONc1cccn1C=C. The molecule has 17 heavy (non-hydrogen) atoms. The molecule has 0 bridgehead atoms. The highest BCUT2D eigenvalue weighted by Gasteiger charge is 1.99. The Morgan fingerprint density at radius 1 is 0.941 bits per heavy atom. The Morgan fingerprint density at radius 3 is 1.82 bits per heavy atom. The summed E-state index contributed by atoms with van der Waals surface area (Å²) in [4.78, 5) is 5.17. The molecule has 88 valence electrons. The molecule has 0 spiro atoms. The van der Waals surface area contributed by atoms with E-state index in [0.717, 1.165) is 11.6 Å². The summed E-state index contributed by atoms with van der Waals surface area (Å²) in [6.07, 6.45) is 7.09. The molecule has 5 heteroatoms. The summed E-state index contributed by atoms with van der Waals surface area (Å²) in [5.74, 6) is 1.56. The zero-order valence-corrected chi connectivity index (χ0v) is 9.34. The summed E-state index contributed by atoms with van der Waals surface area (Å²) in [6, 6.07) is 7.52. The van der Waals surface area contributed by atoms with E-state index in [1.165, 1.54) is 0 Å². The van der Waals surface area contributed by atoms with Gasteiger partial charge in [-0.25, -0.2) is 11.0 Å². The van der Waals surface area contributed by atoms with Crippen LogP contribution in [0.1, 0.15) is 0 Å². The molecule has 2 aromatic heterocycles. The Balaban J connectivity index is 1.92. The summed E-state index contributed by atoms with van der Waals surface area (Å²) >= 11 is 0. The van der Waals surface area contributed by atoms with Crippen molar-refractivity contribution >= 4 is 24.0 Å². The third-order valence-corrected chi connectivity index (χ3v) is 2.26. The molecule has 0 aliphatic heterocycles. The van der Waals surface area contributed by atoms with Crippen molar-refractivity contribution in [2.45, 2.75) is 0 Å². The number of hydrogen-bond acceptors (Lipinski definition) is 3. The molecule has 2 N–H and O–H groups in total. The van der Waals surface area contributed by atoms with Gasteiger partial charge in [0.05, 0.1) is 0 Å². The predicted octanol–water partition coefficient (Wildman–Crippen LogP) is 2.86. The van der Waals surface area contributed by atoms with Gasteiger partial charge in [0.15, 0.2) is 0 Å². The van der Waals surface area contributed by atoms with Gasteiger partial charge in [0, 0.05) is 24.8 Å². The molecule has 0 saturated heterocycles. The van der Waals surface area contributed by atoms with Crippen LogP contribution in [0.4, 0.5) is 11.6 Å². The van der Waals surface area contributed by atoms with Gasteiger partial charge in [-0.15, -0.1) is 0 Å². The fourth-order valence-electron chi connectivity index (χ4n) is 1.41. The van der Waals surface area contributed by atoms with Crippen molar-refractivity contribution in [3.63, 3.8) is 0 Å². The van der Waals surface area contributed by atoms with E-state index >= 15 is 0 Å². The first-order valence-corrected chi connectivity index (χ1v) is 5.12. The van der Waals surface area contributed by atoms with Crippen molar-refractivity contribution in [2.24, 2.45) is 0 Å². The maximum absolute atomic E-state index is 5.17. The van der Waals surface area contributed by atoms with E-state index < -0.39 is 0 Å². The molecule has 0 aliphatic rings. The van der Waals surface area contributed by atoms with Crippen LogP contribution < -0.4 is 11.0 Å². The van der Waals surface area contributed by atoms with Gasteiger partial charge in [0.1, 0.15) is 11.6 Å². The van der Waals surface area contributed by atoms with Gasteiger partial charge in [-0.2, -0.15) is 4.94 Å². The van der Waals surface area contributed by atoms with Crippen molar-refractivity contribution < 1.29 is 4.94 Å². The van der Waals surface area contributed by atoms with Crippen LogP contribution in [0.25, 0.3) is 12.4 Å². The lowest BCUT2D eigenvalue weighted by molar-refractivity contribution is 0.260. The molecule has 0 aliphatic carbocycles. The van der Waals surface area contributed by atoms with Crippen LogP contribution in [0.5, 0.6) is 0 Å². The molecule has 2 aromatic rings. The molecule has 0 fully saturated rings. The van der Waals surface area contributed by atoms with E-state index in [1.54, 1.807) is 21.5 Å². The van der Waals surface area contributed by atoms with Crippen molar-refractivity contribution in [3.05, 3.63) is 49.8 Å². The Bertz CT molecular complexity index is 466. The first-order chi connectivity index (χ1) is 8.35. The first-order valence-electron chi connectivity index (χ1n) is 5.12. The number of hydrogen-bond donors (Lipinski definition) is 2. The van der Waals surface area contributed by atoms with Crippen molar-refractivity contribution in [2.75, 3.05) is 11.0 Å². The van der Waals surface area contributed by atoms with Gasteiger partial charge in [-0.1, -0.05) is 13.2 Å². The highest BCUT2D eigenvalue weighted by atomic mass is 16.8. The second-order valence-corrected chi connectivity index (χ2v) is 3.27. The molecule has 0 aromatic carbocycles. The van der Waals surface area contributed by atoms with E-state index in [-0.39, 0.29) is 0 Å². The van der Waals surface area contributed by atoms with Gasteiger partial charge in [-0.3, -0.25) is 0 Å². The number of aromatic nitrogens is 2. The van der Waals surface area contributed by atoms with E-state index in [2.05, 4.69) is 24.1 Å². The molecule has 2 rings (SSSR count). The molecule has 0 unspecified atom stereocenters. The molecule has 2 heterocycles. The lowest BCUT2D eigenvalue weighted by Crippen LogP contribution is -2.11. The first kappa shape index (κ1) is 11.1. The van der Waals surface area contributed by atoms with Crippen molar-refractivity contribution in [1.29, 1.82) is 0 Å². The molecule has 0 amide bonds. The fourth-order valence-corrected chi connectivity index (χ4v) is 1.41. The summed E-state index contributed by atoms with van der Waals surface area (Å²) < 4.78 is 3.60. The quantitative estimate of drug-likeness (QED) is 0.750. The molecule has 0 atom stereocenters. The minimum atomic E-state index is 0.782. The summed E-state index contributed by atoms with van der Waals surface area (Å²) in [6.45, 7) is 7.36. The molecular weight excluding hydrogens is 216 g/mol. The number of anilines is 2. The van der Waals surface area contributed by atoms with Crippen LogP contribution in [0.2, 0.25) is 0 Å². The lowest BCUT2D eigenvalue weighted by Gasteiger charge is -2.09. The number of nitrogens with zero attached hydrogens (tertiary/aromatic N) is 2. The number of rotatable bonds is 6. The van der Waals surface area contributed by atoms with Gasteiger partial charge in [0.2, 0.25) is 0 Å². The third-order valence-electron chi connectivity index (χ3n) is 2.26. The van der Waals surface area contributed by atoms with Crippen LogP contribution in [-0.2, 0) is 4.94 Å². The highest BCUT2D eigenvalue weighted by Crippen LogP contribution is 2.11. The highest BCUT2D eigenvalue weighted by molar-refractivity contribution is 5.44. The minimum Gasteiger partial charge on any atom is -0.309 e. The zero-order valence-electron chi connectivity index (χ0n) is 9.34. The zero-order chi connectivity index (χ0) is 12.1. The lowest BCUT2D eigenvalue weighted by atomic mass is 10.6. The van der Waals surface area contributed by atoms with Crippen molar-refractivity contribution in [1.82, 2.24) is 9.13 Å². The topological polar surface area (TPSA) is 43.1 Å². The number of nitrogens with one attached hydrogen (secondary N) is 2. The van der Waals surface area contributed by atoms with E-state index in [9.17, 15) is 0 Å². The van der Waals surface area contributed by atoms with Crippen molar-refractivity contribution in [3.8, 4) is 0 Å². The Kier molecular flexibility index (Phi) is 3.32. The summed E-state index contributed by atoms with van der Waals surface area (Å²) in [5.41, 5.74) is 5.53. The van der Waals surface area contributed by atoms with Gasteiger partial charge in [-0.05, 0) is 24.3 Å². The largest absolute Gasteiger partial charge is 0.309 e. The predicted molar refractivity (Wildman–Crippen MR) is 70.0 cm³/mol. The average Bonchev–Trinajstić information content (AvgIpc) is 2.97. The third kappa shape index (κ3) is 2.40. The molecule has 0 radical (unpaired) electrons. The second kappa shape index (κ2) is 5.09. The standard InChI is InChI=1S/C12H14N4O/c1-3-15-9-5-7-11(15)13-17-14-12-8-6-10-16(12)4-2/h3-10,13-14H,1-2H2. The fraction of sp³-hybridized carbons (Fsp3) is 0. The van der Waals surface area contributed by atoms with E-state index in [0.29, 0.717) is 0 Å². The summed E-state index contributed by atoms with van der Waals surface area (Å²) in [5, 5.41) is 0. The van der Waals surface area contributed by atoms with Crippen LogP contribution in [0.3, 0.4) is 0 Å². The normalized spacial score (nSPS) is 9.88. The Labute approximate surface area is 99.5 Å². The Hall–Kier alpha value is -2.40. The maximum atomic E-state index is 5.17. The van der Waals surface area contributed by atoms with Crippen LogP contribution in [0.15, 0.2) is 49.8 Å². The van der Waals surface area contributed by atoms with Crippen LogP contribution >= 0.6 is 0 Å². The molecule has 0 saturated carbocycles. The van der Waals surface area contributed by atoms with Gasteiger partial charge in [0.25, 0.3) is 0 Å². The van der Waals surface area contributed by atoms with E-state index in [1.807, 2.05) is 36.7 Å². The second-order valence-electron chi connectivity index (χ2n) is 3.27. The smallest absolute Gasteiger partial charge is 0.136 e. The molecular formula is C12H14N4O. The maximum Gasteiger partial charge on any atom is 0.136 e. The monoisotopic (exact) mass is 230 g/mol. The van der Waals surface area contributed by atoms with E-state index in [4.69, 9.17) is 4.94 Å². The van der Waals surface area contributed by atoms with Gasteiger partial charge >= 0.3 is 0 Å². The molecule has 5 nitrogen and oxygen atoms in total. The minimum absolute atomic E-state index is 0.782. The van der Waals surface area contributed by atoms with Gasteiger partial charge < -0.3 is 9.13 Å². The summed E-state index contributed by atoms with van der Waals surface area (Å²) in [7, 11) is 0. The average molecular weight is 230 g/mol.